The van der Waals surface area contributed by atoms with Gasteiger partial charge >= 0.3 is 5.69 Å². The number of nitrogens with zero attached hydrogens (tertiary/aromatic N) is 5. The highest BCUT2D eigenvalue weighted by Gasteiger charge is 2.26. The Morgan fingerprint density at radius 3 is 2.58 bits per heavy atom. The molecule has 38 heavy (non-hydrogen) atoms. The van der Waals surface area contributed by atoms with Gasteiger partial charge in [0.15, 0.2) is 16.9 Å². The Morgan fingerprint density at radius 2 is 1.84 bits per heavy atom. The second kappa shape index (κ2) is 10.5. The molecule has 0 amide bonds. The molecule has 1 atom stereocenters. The number of carbonyl (C=O) groups excluding carboxylic acids is 1. The Kier molecular flexibility index (Phi) is 6.99. The molecule has 0 unspecified atom stereocenters. The van der Waals surface area contributed by atoms with E-state index in [9.17, 15) is 14.4 Å². The lowest BCUT2D eigenvalue weighted by molar-refractivity contribution is 0.0969. The summed E-state index contributed by atoms with van der Waals surface area (Å²) in [6.07, 6.45) is 1.83. The Bertz CT molecular complexity index is 1690. The summed E-state index contributed by atoms with van der Waals surface area (Å²) in [6.45, 7) is 2.92. The predicted molar refractivity (Wildman–Crippen MR) is 148 cm³/mol. The van der Waals surface area contributed by atoms with Crippen LogP contribution >= 0.6 is 0 Å². The molecule has 9 heteroatoms. The first-order valence-corrected chi connectivity index (χ1v) is 12.7. The lowest BCUT2D eigenvalue weighted by Gasteiger charge is -2.31. The second-order valence-corrected chi connectivity index (χ2v) is 9.55. The first kappa shape index (κ1) is 25.2. The van der Waals surface area contributed by atoms with Gasteiger partial charge in [-0.2, -0.15) is 4.98 Å². The molecular weight excluding hydrogens is 480 g/mol. The summed E-state index contributed by atoms with van der Waals surface area (Å²) in [6, 6.07) is 16.9. The Labute approximate surface area is 220 Å². The number of aryl methyl sites for hydroxylation is 1. The molecule has 1 aliphatic heterocycles. The number of rotatable bonds is 6. The summed E-state index contributed by atoms with van der Waals surface area (Å²) in [5, 5.41) is 0. The van der Waals surface area contributed by atoms with Crippen LogP contribution < -0.4 is 21.9 Å². The maximum Gasteiger partial charge on any atom is 0.332 e. The van der Waals surface area contributed by atoms with Crippen LogP contribution in [0.1, 0.15) is 30.1 Å². The minimum absolute atomic E-state index is 0.000907. The molecule has 2 aromatic heterocycles. The quantitative estimate of drug-likeness (QED) is 0.315. The highest BCUT2D eigenvalue weighted by atomic mass is 16.2. The fourth-order valence-electron chi connectivity index (χ4n) is 4.98. The molecule has 0 saturated carbocycles. The van der Waals surface area contributed by atoms with Crippen molar-refractivity contribution in [3.63, 3.8) is 0 Å². The fraction of sp³-hybridized carbons (Fsp3) is 0.310. The molecule has 3 heterocycles. The van der Waals surface area contributed by atoms with Crippen LogP contribution in [0, 0.1) is 11.8 Å². The molecule has 0 radical (unpaired) electrons. The summed E-state index contributed by atoms with van der Waals surface area (Å²) < 4.78 is 4.05. The number of piperidine rings is 1. The molecule has 1 fully saturated rings. The molecule has 194 valence electrons. The van der Waals surface area contributed by atoms with Crippen molar-refractivity contribution in [2.75, 3.05) is 18.0 Å². The van der Waals surface area contributed by atoms with E-state index >= 15 is 0 Å². The molecule has 2 N–H and O–H groups in total. The van der Waals surface area contributed by atoms with Crippen molar-refractivity contribution in [1.82, 2.24) is 18.7 Å². The zero-order valence-electron chi connectivity index (χ0n) is 21.6. The summed E-state index contributed by atoms with van der Waals surface area (Å²) >= 11 is 0. The third-order valence-electron chi connectivity index (χ3n) is 6.96. The lowest BCUT2D eigenvalue weighted by Crippen LogP contribution is -2.44. The van der Waals surface area contributed by atoms with Gasteiger partial charge in [-0.05, 0) is 37.0 Å². The second-order valence-electron chi connectivity index (χ2n) is 9.55. The van der Waals surface area contributed by atoms with E-state index in [0.29, 0.717) is 18.1 Å². The van der Waals surface area contributed by atoms with E-state index in [2.05, 4.69) is 11.8 Å². The third kappa shape index (κ3) is 4.66. The molecule has 1 aliphatic rings. The van der Waals surface area contributed by atoms with Crippen LogP contribution in [0.4, 0.5) is 5.95 Å². The highest BCUT2D eigenvalue weighted by Crippen LogP contribution is 2.23. The molecule has 0 spiro atoms. The van der Waals surface area contributed by atoms with Gasteiger partial charge in [0.1, 0.15) is 0 Å². The number of hydrogen-bond donors (Lipinski definition) is 1. The predicted octanol–water partition coefficient (Wildman–Crippen LogP) is 2.40. The SMILES string of the molecule is CC#CCn1c(N2CCC[C@@H](N)C2)nc2c1c(=O)n(CC(=O)c1cccc(-c3ccccc3)c1)c(=O)n2C. The van der Waals surface area contributed by atoms with Gasteiger partial charge in [-0.3, -0.25) is 23.3 Å². The standard InChI is InChI=1S/C29H30N6O3/c1-3-4-16-34-25-26(31-28(34)33-15-9-14-23(30)18-33)32(2)29(38)35(27(25)37)19-24(36)22-13-8-12-21(17-22)20-10-6-5-7-11-20/h5-8,10-13,17,23H,9,14-16,18-19,30H2,1-2H3/t23-/m1/s1. The number of anilines is 1. The fourth-order valence-corrected chi connectivity index (χ4v) is 4.98. The van der Waals surface area contributed by atoms with E-state index < -0.39 is 11.2 Å². The Hall–Kier alpha value is -4.42. The summed E-state index contributed by atoms with van der Waals surface area (Å²) in [4.78, 5) is 47.1. The van der Waals surface area contributed by atoms with E-state index in [4.69, 9.17) is 10.7 Å². The topological polar surface area (TPSA) is 108 Å². The third-order valence-corrected chi connectivity index (χ3v) is 6.96. The highest BCUT2D eigenvalue weighted by molar-refractivity contribution is 5.97. The van der Waals surface area contributed by atoms with Crippen molar-refractivity contribution in [3.05, 3.63) is 81.0 Å². The van der Waals surface area contributed by atoms with E-state index in [0.717, 1.165) is 35.1 Å². The molecular formula is C29H30N6O3. The number of imidazole rings is 1. The van der Waals surface area contributed by atoms with Crippen LogP contribution in [0.3, 0.4) is 0 Å². The number of Topliss-reactive ketones (excluding diaryl/α,β-unsaturated/α-hetero) is 1. The number of ketones is 1. The Morgan fingerprint density at radius 1 is 1.08 bits per heavy atom. The number of benzene rings is 2. The van der Waals surface area contributed by atoms with Crippen LogP contribution in [-0.4, -0.2) is 43.6 Å². The zero-order chi connectivity index (χ0) is 26.8. The van der Waals surface area contributed by atoms with Crippen molar-refractivity contribution >= 4 is 22.9 Å². The first-order chi connectivity index (χ1) is 18.4. The minimum atomic E-state index is -0.594. The van der Waals surface area contributed by atoms with Crippen LogP contribution in [0.25, 0.3) is 22.3 Å². The van der Waals surface area contributed by atoms with Gasteiger partial charge in [0.2, 0.25) is 5.95 Å². The van der Waals surface area contributed by atoms with Gasteiger partial charge < -0.3 is 10.6 Å². The molecule has 0 aliphatic carbocycles. The van der Waals surface area contributed by atoms with Gasteiger partial charge in [0.05, 0.1) is 13.1 Å². The van der Waals surface area contributed by atoms with E-state index in [1.807, 2.05) is 41.3 Å². The normalized spacial score (nSPS) is 15.3. The van der Waals surface area contributed by atoms with Gasteiger partial charge in [-0.1, -0.05) is 54.5 Å². The molecule has 4 aromatic rings. The number of nitrogens with two attached hydrogens (primary N) is 1. The smallest absolute Gasteiger partial charge is 0.332 e. The van der Waals surface area contributed by atoms with E-state index in [1.165, 1.54) is 4.57 Å². The number of aromatic nitrogens is 4. The van der Waals surface area contributed by atoms with Crippen LogP contribution in [0.2, 0.25) is 0 Å². The van der Waals surface area contributed by atoms with Crippen molar-refractivity contribution in [2.45, 2.75) is 38.9 Å². The molecule has 0 bridgehead atoms. The minimum Gasteiger partial charge on any atom is -0.341 e. The van der Waals surface area contributed by atoms with Crippen molar-refractivity contribution in [1.29, 1.82) is 0 Å². The maximum absolute atomic E-state index is 13.7. The van der Waals surface area contributed by atoms with Crippen molar-refractivity contribution in [2.24, 2.45) is 12.8 Å². The van der Waals surface area contributed by atoms with Gasteiger partial charge in [-0.25, -0.2) is 4.79 Å². The molecule has 5 rings (SSSR count). The van der Waals surface area contributed by atoms with Crippen LogP contribution in [0.5, 0.6) is 0 Å². The molecule has 2 aromatic carbocycles. The van der Waals surface area contributed by atoms with Crippen molar-refractivity contribution in [3.8, 4) is 23.0 Å². The lowest BCUT2D eigenvalue weighted by atomic mass is 10.0. The number of fused-ring (bicyclic) bond motifs is 1. The summed E-state index contributed by atoms with van der Waals surface area (Å²) in [7, 11) is 1.57. The van der Waals surface area contributed by atoms with E-state index in [1.54, 1.807) is 36.7 Å². The van der Waals surface area contributed by atoms with Crippen molar-refractivity contribution < 1.29 is 4.79 Å². The summed E-state index contributed by atoms with van der Waals surface area (Å²) in [5.41, 5.74) is 7.84. The van der Waals surface area contributed by atoms with Gasteiger partial charge in [-0.15, -0.1) is 5.92 Å². The number of carbonyl (C=O) groups is 1. The number of hydrogen-bond acceptors (Lipinski definition) is 6. The summed E-state index contributed by atoms with van der Waals surface area (Å²) in [5.74, 6) is 6.11. The Balaban J connectivity index is 1.58. The van der Waals surface area contributed by atoms with Gasteiger partial charge in [0, 0.05) is 31.7 Å². The maximum atomic E-state index is 13.7. The largest absolute Gasteiger partial charge is 0.341 e. The first-order valence-electron chi connectivity index (χ1n) is 12.7. The van der Waals surface area contributed by atoms with Crippen LogP contribution in [0.15, 0.2) is 64.2 Å². The van der Waals surface area contributed by atoms with Gasteiger partial charge in [0.25, 0.3) is 5.56 Å². The monoisotopic (exact) mass is 510 g/mol. The van der Waals surface area contributed by atoms with Crippen LogP contribution in [-0.2, 0) is 20.1 Å². The average Bonchev–Trinajstić information content (AvgIpc) is 3.33. The average molecular weight is 511 g/mol. The molecule has 1 saturated heterocycles. The zero-order valence-corrected chi connectivity index (χ0v) is 21.6. The van der Waals surface area contributed by atoms with E-state index in [-0.39, 0.29) is 36.1 Å². The molecule has 9 nitrogen and oxygen atoms in total.